The Hall–Kier alpha value is -2.82. The highest BCUT2D eigenvalue weighted by molar-refractivity contribution is 5.94. The van der Waals surface area contributed by atoms with Crippen LogP contribution in [0.4, 0.5) is 17.1 Å². The second-order valence-corrected chi connectivity index (χ2v) is 6.50. The van der Waals surface area contributed by atoms with E-state index < -0.39 is 0 Å². The van der Waals surface area contributed by atoms with Crippen molar-refractivity contribution in [3.05, 3.63) is 53.6 Å². The summed E-state index contributed by atoms with van der Waals surface area (Å²) < 4.78 is 0. The summed E-state index contributed by atoms with van der Waals surface area (Å²) in [7, 11) is 0. The van der Waals surface area contributed by atoms with E-state index in [0.29, 0.717) is 5.69 Å². The van der Waals surface area contributed by atoms with Gasteiger partial charge in [0.2, 0.25) is 11.8 Å². The number of rotatable bonds is 6. The third kappa shape index (κ3) is 5.95. The molecule has 25 heavy (non-hydrogen) atoms. The van der Waals surface area contributed by atoms with Crippen molar-refractivity contribution in [1.82, 2.24) is 0 Å². The van der Waals surface area contributed by atoms with Gasteiger partial charge in [0.1, 0.15) is 0 Å². The molecule has 2 amide bonds. The highest BCUT2D eigenvalue weighted by Crippen LogP contribution is 2.16. The largest absolute Gasteiger partial charge is 0.376 e. The van der Waals surface area contributed by atoms with Crippen LogP contribution in [0, 0.1) is 19.8 Å². The molecule has 0 saturated carbocycles. The fourth-order valence-electron chi connectivity index (χ4n) is 2.43. The van der Waals surface area contributed by atoms with Crippen molar-refractivity contribution in [3.8, 4) is 0 Å². The zero-order valence-corrected chi connectivity index (χ0v) is 15.1. The number of benzene rings is 2. The van der Waals surface area contributed by atoms with Crippen molar-refractivity contribution in [3.63, 3.8) is 0 Å². The molecule has 2 aromatic carbocycles. The SMILES string of the molecule is Cc1cc(C)cc(NC(=O)CNc2cccc(NC(=O)C(C)C)c2)c1. The van der Waals surface area contributed by atoms with E-state index in [1.54, 1.807) is 0 Å². The summed E-state index contributed by atoms with van der Waals surface area (Å²) in [6.07, 6.45) is 0. The summed E-state index contributed by atoms with van der Waals surface area (Å²) in [4.78, 5) is 23.9. The van der Waals surface area contributed by atoms with Gasteiger partial charge >= 0.3 is 0 Å². The first-order valence-corrected chi connectivity index (χ1v) is 8.36. The quantitative estimate of drug-likeness (QED) is 0.746. The van der Waals surface area contributed by atoms with Gasteiger partial charge < -0.3 is 16.0 Å². The smallest absolute Gasteiger partial charge is 0.243 e. The number of hydrogen-bond acceptors (Lipinski definition) is 3. The van der Waals surface area contributed by atoms with E-state index in [4.69, 9.17) is 0 Å². The number of hydrogen-bond donors (Lipinski definition) is 3. The van der Waals surface area contributed by atoms with E-state index in [1.807, 2.05) is 64.1 Å². The number of nitrogens with one attached hydrogen (secondary N) is 3. The highest BCUT2D eigenvalue weighted by atomic mass is 16.2. The summed E-state index contributed by atoms with van der Waals surface area (Å²) in [6, 6.07) is 13.3. The van der Waals surface area contributed by atoms with Crippen LogP contribution in [0.25, 0.3) is 0 Å². The van der Waals surface area contributed by atoms with Crippen LogP contribution in [0.3, 0.4) is 0 Å². The zero-order valence-electron chi connectivity index (χ0n) is 15.1. The van der Waals surface area contributed by atoms with Gasteiger partial charge in [0, 0.05) is 23.0 Å². The average molecular weight is 339 g/mol. The van der Waals surface area contributed by atoms with Crippen LogP contribution < -0.4 is 16.0 Å². The topological polar surface area (TPSA) is 70.2 Å². The Morgan fingerprint density at radius 1 is 0.880 bits per heavy atom. The monoisotopic (exact) mass is 339 g/mol. The number of aryl methyl sites for hydroxylation is 2. The molecular formula is C20H25N3O2. The predicted octanol–water partition coefficient (Wildman–Crippen LogP) is 3.95. The maximum atomic E-state index is 12.1. The third-order valence-electron chi connectivity index (χ3n) is 3.61. The summed E-state index contributed by atoms with van der Waals surface area (Å²) in [6.45, 7) is 7.83. The van der Waals surface area contributed by atoms with Crippen LogP contribution in [0.5, 0.6) is 0 Å². The normalized spacial score (nSPS) is 10.4. The van der Waals surface area contributed by atoms with Crippen molar-refractivity contribution in [2.75, 3.05) is 22.5 Å². The molecule has 0 aliphatic rings. The minimum atomic E-state index is -0.124. The van der Waals surface area contributed by atoms with Gasteiger partial charge in [-0.25, -0.2) is 0 Å². The molecule has 5 heteroatoms. The van der Waals surface area contributed by atoms with Gasteiger partial charge in [-0.05, 0) is 55.3 Å². The van der Waals surface area contributed by atoms with E-state index >= 15 is 0 Å². The van der Waals surface area contributed by atoms with Crippen molar-refractivity contribution in [2.45, 2.75) is 27.7 Å². The summed E-state index contributed by atoms with van der Waals surface area (Å²) in [5.74, 6) is -0.244. The third-order valence-corrected chi connectivity index (χ3v) is 3.61. The zero-order chi connectivity index (χ0) is 18.4. The first-order chi connectivity index (χ1) is 11.8. The van der Waals surface area contributed by atoms with Crippen LogP contribution in [-0.4, -0.2) is 18.4 Å². The second-order valence-electron chi connectivity index (χ2n) is 6.50. The number of carbonyl (C=O) groups is 2. The molecule has 0 spiro atoms. The van der Waals surface area contributed by atoms with Gasteiger partial charge in [-0.15, -0.1) is 0 Å². The van der Waals surface area contributed by atoms with E-state index in [0.717, 1.165) is 22.5 Å². The molecule has 0 fully saturated rings. The second kappa shape index (κ2) is 8.33. The Balaban J connectivity index is 1.92. The lowest BCUT2D eigenvalue weighted by Crippen LogP contribution is -2.22. The van der Waals surface area contributed by atoms with E-state index in [2.05, 4.69) is 22.0 Å². The van der Waals surface area contributed by atoms with Gasteiger partial charge in [0.25, 0.3) is 0 Å². The predicted molar refractivity (Wildman–Crippen MR) is 103 cm³/mol. The summed E-state index contributed by atoms with van der Waals surface area (Å²) in [5, 5.41) is 8.80. The van der Waals surface area contributed by atoms with Gasteiger partial charge in [0.05, 0.1) is 6.54 Å². The maximum Gasteiger partial charge on any atom is 0.243 e. The molecule has 0 heterocycles. The number of anilines is 3. The van der Waals surface area contributed by atoms with Gasteiger partial charge in [-0.1, -0.05) is 26.0 Å². The van der Waals surface area contributed by atoms with Crippen LogP contribution in [-0.2, 0) is 9.59 Å². The molecule has 0 bridgehead atoms. The molecular weight excluding hydrogens is 314 g/mol. The maximum absolute atomic E-state index is 12.1. The molecule has 0 atom stereocenters. The van der Waals surface area contributed by atoms with Crippen molar-refractivity contribution in [1.29, 1.82) is 0 Å². The lowest BCUT2D eigenvalue weighted by molar-refractivity contribution is -0.119. The minimum absolute atomic E-state index is 0.0373. The molecule has 0 unspecified atom stereocenters. The molecule has 2 rings (SSSR count). The van der Waals surface area contributed by atoms with Crippen LogP contribution >= 0.6 is 0 Å². The molecule has 3 N–H and O–H groups in total. The molecule has 0 radical (unpaired) electrons. The summed E-state index contributed by atoms with van der Waals surface area (Å²) in [5.41, 5.74) is 4.49. The Kier molecular flexibility index (Phi) is 6.17. The lowest BCUT2D eigenvalue weighted by Gasteiger charge is -2.11. The Morgan fingerprint density at radius 2 is 1.52 bits per heavy atom. The first kappa shape index (κ1) is 18.5. The molecule has 0 aliphatic carbocycles. The molecule has 2 aromatic rings. The standard InChI is InChI=1S/C20H25N3O2/c1-13(2)20(25)23-17-7-5-6-16(11-17)21-12-19(24)22-18-9-14(3)8-15(4)10-18/h5-11,13,21H,12H2,1-4H3,(H,22,24)(H,23,25). The van der Waals surface area contributed by atoms with Gasteiger partial charge in [0.15, 0.2) is 0 Å². The molecule has 0 saturated heterocycles. The Morgan fingerprint density at radius 3 is 2.16 bits per heavy atom. The average Bonchev–Trinajstić information content (AvgIpc) is 2.52. The molecule has 0 aromatic heterocycles. The van der Waals surface area contributed by atoms with Crippen molar-refractivity contribution >= 4 is 28.9 Å². The van der Waals surface area contributed by atoms with E-state index in [9.17, 15) is 9.59 Å². The molecule has 0 aliphatic heterocycles. The van der Waals surface area contributed by atoms with Crippen molar-refractivity contribution < 1.29 is 9.59 Å². The van der Waals surface area contributed by atoms with E-state index in [1.165, 1.54) is 0 Å². The number of amides is 2. The fraction of sp³-hybridized carbons (Fsp3) is 0.300. The Labute approximate surface area is 148 Å². The molecule has 132 valence electrons. The van der Waals surface area contributed by atoms with Crippen LogP contribution in [0.1, 0.15) is 25.0 Å². The van der Waals surface area contributed by atoms with Gasteiger partial charge in [-0.3, -0.25) is 9.59 Å². The van der Waals surface area contributed by atoms with Crippen molar-refractivity contribution in [2.24, 2.45) is 5.92 Å². The molecule has 5 nitrogen and oxygen atoms in total. The first-order valence-electron chi connectivity index (χ1n) is 8.36. The van der Waals surface area contributed by atoms with E-state index in [-0.39, 0.29) is 24.3 Å². The van der Waals surface area contributed by atoms with Gasteiger partial charge in [-0.2, -0.15) is 0 Å². The fourth-order valence-corrected chi connectivity index (χ4v) is 2.43. The summed E-state index contributed by atoms with van der Waals surface area (Å²) >= 11 is 0. The number of carbonyl (C=O) groups excluding carboxylic acids is 2. The van der Waals surface area contributed by atoms with Crippen LogP contribution in [0.2, 0.25) is 0 Å². The lowest BCUT2D eigenvalue weighted by atomic mass is 10.1. The minimum Gasteiger partial charge on any atom is -0.376 e. The Bertz CT molecular complexity index is 749. The van der Waals surface area contributed by atoms with Crippen LogP contribution in [0.15, 0.2) is 42.5 Å². The highest BCUT2D eigenvalue weighted by Gasteiger charge is 2.08.